The minimum Gasteiger partial charge on any atom is -0.466 e. The molecular formula is C16H32O3. The maximum atomic E-state index is 11.4. The van der Waals surface area contributed by atoms with Gasteiger partial charge in [-0.3, -0.25) is 4.79 Å². The van der Waals surface area contributed by atoms with Gasteiger partial charge in [0, 0.05) is 26.6 Å². The van der Waals surface area contributed by atoms with Gasteiger partial charge in [0.25, 0.3) is 0 Å². The zero-order valence-electron chi connectivity index (χ0n) is 12.9. The fourth-order valence-corrected chi connectivity index (χ4v) is 2.04. The van der Waals surface area contributed by atoms with Gasteiger partial charge in [-0.15, -0.1) is 0 Å². The molecule has 3 nitrogen and oxygen atoms in total. The van der Waals surface area contributed by atoms with Crippen LogP contribution in [0.2, 0.25) is 0 Å². The van der Waals surface area contributed by atoms with Crippen LogP contribution in [0.25, 0.3) is 0 Å². The third-order valence-electron chi connectivity index (χ3n) is 3.24. The van der Waals surface area contributed by atoms with Crippen LogP contribution in [0.4, 0.5) is 0 Å². The molecule has 0 amide bonds. The minimum absolute atomic E-state index is 0.0564. The van der Waals surface area contributed by atoms with Crippen molar-refractivity contribution in [1.82, 2.24) is 0 Å². The van der Waals surface area contributed by atoms with Crippen molar-refractivity contribution in [3.05, 3.63) is 0 Å². The van der Waals surface area contributed by atoms with Crippen LogP contribution in [-0.2, 0) is 14.3 Å². The molecule has 0 atom stereocenters. The highest BCUT2D eigenvalue weighted by atomic mass is 16.5. The van der Waals surface area contributed by atoms with Crippen molar-refractivity contribution in [1.29, 1.82) is 0 Å². The summed E-state index contributed by atoms with van der Waals surface area (Å²) >= 11 is 0. The molecule has 0 spiro atoms. The van der Waals surface area contributed by atoms with E-state index in [4.69, 9.17) is 9.47 Å². The number of hydrogen-bond acceptors (Lipinski definition) is 3. The number of carbonyl (C=O) groups excluding carboxylic acids is 1. The first kappa shape index (κ1) is 18.4. The number of hydrogen-bond donors (Lipinski definition) is 0. The highest BCUT2D eigenvalue weighted by Crippen LogP contribution is 2.10. The van der Waals surface area contributed by atoms with Gasteiger partial charge in [-0.05, 0) is 6.42 Å². The molecule has 0 rings (SSSR count). The lowest BCUT2D eigenvalue weighted by molar-refractivity contribution is -0.144. The number of rotatable bonds is 14. The predicted octanol–water partition coefficient (Wildman–Crippen LogP) is 4.49. The third-order valence-corrected chi connectivity index (χ3v) is 3.24. The largest absolute Gasteiger partial charge is 0.466 e. The van der Waals surface area contributed by atoms with Gasteiger partial charge in [0.05, 0.1) is 6.61 Å². The molecule has 0 aliphatic heterocycles. The summed E-state index contributed by atoms with van der Waals surface area (Å²) in [4.78, 5) is 11.4. The Hall–Kier alpha value is -0.570. The Labute approximate surface area is 119 Å². The highest BCUT2D eigenvalue weighted by Gasteiger charge is 2.02. The zero-order chi connectivity index (χ0) is 14.2. The molecule has 0 aromatic heterocycles. The van der Waals surface area contributed by atoms with Crippen molar-refractivity contribution in [2.24, 2.45) is 0 Å². The minimum atomic E-state index is -0.0564. The maximum Gasteiger partial charge on any atom is 0.305 e. The lowest BCUT2D eigenvalue weighted by Gasteiger charge is -2.04. The molecule has 0 fully saturated rings. The molecule has 0 heterocycles. The van der Waals surface area contributed by atoms with Crippen LogP contribution in [0, 0.1) is 0 Å². The van der Waals surface area contributed by atoms with E-state index < -0.39 is 0 Å². The molecule has 0 saturated carbocycles. The first-order valence-corrected chi connectivity index (χ1v) is 7.95. The molecule has 0 N–H and O–H groups in total. The van der Waals surface area contributed by atoms with Gasteiger partial charge in [0.1, 0.15) is 0 Å². The van der Waals surface area contributed by atoms with Gasteiger partial charge in [0.2, 0.25) is 0 Å². The second-order valence-corrected chi connectivity index (χ2v) is 5.15. The fourth-order valence-electron chi connectivity index (χ4n) is 2.04. The monoisotopic (exact) mass is 272 g/mol. The summed E-state index contributed by atoms with van der Waals surface area (Å²) in [6.07, 6.45) is 12.8. The summed E-state index contributed by atoms with van der Waals surface area (Å²) in [6.45, 7) is 3.39. The average Bonchev–Trinajstić information content (AvgIpc) is 2.42. The predicted molar refractivity (Wildman–Crippen MR) is 79.3 cm³/mol. The smallest absolute Gasteiger partial charge is 0.305 e. The van der Waals surface area contributed by atoms with Gasteiger partial charge in [0.15, 0.2) is 0 Å². The molecule has 114 valence electrons. The Morgan fingerprint density at radius 1 is 0.789 bits per heavy atom. The van der Waals surface area contributed by atoms with Crippen LogP contribution in [0.1, 0.15) is 77.6 Å². The van der Waals surface area contributed by atoms with Crippen LogP contribution in [0.5, 0.6) is 0 Å². The van der Waals surface area contributed by atoms with E-state index in [0.717, 1.165) is 19.3 Å². The van der Waals surface area contributed by atoms with Gasteiger partial charge in [-0.2, -0.15) is 0 Å². The van der Waals surface area contributed by atoms with Gasteiger partial charge in [-0.1, -0.05) is 58.3 Å². The van der Waals surface area contributed by atoms with Crippen LogP contribution in [-0.4, -0.2) is 26.3 Å². The van der Waals surface area contributed by atoms with E-state index in [1.807, 2.05) is 0 Å². The number of esters is 1. The number of carbonyl (C=O) groups is 1. The molecule has 0 radical (unpaired) electrons. The van der Waals surface area contributed by atoms with E-state index in [2.05, 4.69) is 6.92 Å². The highest BCUT2D eigenvalue weighted by molar-refractivity contribution is 5.69. The third kappa shape index (κ3) is 15.4. The molecule has 0 aromatic carbocycles. The quantitative estimate of drug-likeness (QED) is 0.345. The second kappa shape index (κ2) is 15.5. The van der Waals surface area contributed by atoms with Gasteiger partial charge >= 0.3 is 5.97 Å². The molecule has 0 aliphatic rings. The van der Waals surface area contributed by atoms with E-state index in [9.17, 15) is 4.79 Å². The molecule has 0 bridgehead atoms. The van der Waals surface area contributed by atoms with Gasteiger partial charge < -0.3 is 9.47 Å². The summed E-state index contributed by atoms with van der Waals surface area (Å²) in [5.41, 5.74) is 0. The second-order valence-electron chi connectivity index (χ2n) is 5.15. The molecular weight excluding hydrogens is 240 g/mol. The van der Waals surface area contributed by atoms with Crippen molar-refractivity contribution < 1.29 is 14.3 Å². The Bertz CT molecular complexity index is 192. The zero-order valence-corrected chi connectivity index (χ0v) is 12.9. The van der Waals surface area contributed by atoms with E-state index >= 15 is 0 Å². The van der Waals surface area contributed by atoms with Crippen molar-refractivity contribution in [2.75, 3.05) is 20.3 Å². The van der Waals surface area contributed by atoms with Crippen molar-refractivity contribution in [3.63, 3.8) is 0 Å². The molecule has 3 heteroatoms. The van der Waals surface area contributed by atoms with Crippen molar-refractivity contribution in [3.8, 4) is 0 Å². The average molecular weight is 272 g/mol. The van der Waals surface area contributed by atoms with E-state index in [1.165, 1.54) is 44.9 Å². The van der Waals surface area contributed by atoms with Crippen molar-refractivity contribution >= 4 is 5.97 Å². The molecule has 19 heavy (non-hydrogen) atoms. The maximum absolute atomic E-state index is 11.4. The summed E-state index contributed by atoms with van der Waals surface area (Å²) in [7, 11) is 1.66. The molecule has 0 saturated heterocycles. The van der Waals surface area contributed by atoms with Crippen LogP contribution in [0.15, 0.2) is 0 Å². The van der Waals surface area contributed by atoms with Crippen LogP contribution >= 0.6 is 0 Å². The molecule has 0 unspecified atom stereocenters. The summed E-state index contributed by atoms with van der Waals surface area (Å²) in [5.74, 6) is -0.0564. The first-order valence-electron chi connectivity index (χ1n) is 7.95. The molecule has 0 aromatic rings. The standard InChI is InChI=1S/C16H32O3/c1-3-4-5-6-7-8-9-10-11-13-16(17)19-15-12-14-18-2/h3-15H2,1-2H3. The lowest BCUT2D eigenvalue weighted by atomic mass is 10.1. The van der Waals surface area contributed by atoms with Crippen molar-refractivity contribution in [2.45, 2.75) is 77.6 Å². The van der Waals surface area contributed by atoms with Crippen LogP contribution in [0.3, 0.4) is 0 Å². The summed E-state index contributed by atoms with van der Waals surface area (Å²) in [6, 6.07) is 0. The number of ether oxygens (including phenoxy) is 2. The normalized spacial score (nSPS) is 10.6. The Morgan fingerprint density at radius 2 is 1.37 bits per heavy atom. The first-order chi connectivity index (χ1) is 9.31. The van der Waals surface area contributed by atoms with Crippen LogP contribution < -0.4 is 0 Å². The number of methoxy groups -OCH3 is 1. The van der Waals surface area contributed by atoms with E-state index in [-0.39, 0.29) is 5.97 Å². The molecule has 0 aliphatic carbocycles. The number of unbranched alkanes of at least 4 members (excludes halogenated alkanes) is 8. The lowest BCUT2D eigenvalue weighted by Crippen LogP contribution is -2.07. The summed E-state index contributed by atoms with van der Waals surface area (Å²) < 4.78 is 9.99. The fraction of sp³-hybridized carbons (Fsp3) is 0.938. The van der Waals surface area contributed by atoms with Gasteiger partial charge in [-0.25, -0.2) is 0 Å². The van der Waals surface area contributed by atoms with E-state index in [1.54, 1.807) is 7.11 Å². The SMILES string of the molecule is CCCCCCCCCCCC(=O)OCCCOC. The Balaban J connectivity index is 3.10. The Morgan fingerprint density at radius 3 is 1.95 bits per heavy atom. The Kier molecular flexibility index (Phi) is 15.0. The summed E-state index contributed by atoms with van der Waals surface area (Å²) in [5, 5.41) is 0. The topological polar surface area (TPSA) is 35.5 Å². The van der Waals surface area contributed by atoms with E-state index in [0.29, 0.717) is 19.6 Å².